The number of fused-ring (bicyclic) bond motifs is 6. The Hall–Kier alpha value is -7.50. The van der Waals surface area contributed by atoms with Crippen molar-refractivity contribution in [2.75, 3.05) is 0 Å². The Morgan fingerprint density at radius 3 is 1.77 bits per heavy atom. The molecule has 0 amide bonds. The molecule has 11 rings (SSSR count). The fourth-order valence-corrected chi connectivity index (χ4v) is 8.64. The van der Waals surface area contributed by atoms with Crippen LogP contribution in [0.5, 0.6) is 0 Å². The first-order valence-corrected chi connectivity index (χ1v) is 19.4. The summed E-state index contributed by atoms with van der Waals surface area (Å²) in [5, 5.41) is 4.97. The van der Waals surface area contributed by atoms with E-state index >= 15 is 0 Å². The molecule has 0 fully saturated rings. The number of aromatic nitrogens is 4. The van der Waals surface area contributed by atoms with Gasteiger partial charge in [0, 0.05) is 62.3 Å². The number of hydrogen-bond donors (Lipinski definition) is 0. The van der Waals surface area contributed by atoms with Gasteiger partial charge in [0.05, 0.1) is 11.0 Å². The molecule has 3 heterocycles. The van der Waals surface area contributed by atoms with Crippen LogP contribution >= 0.6 is 0 Å². The smallest absolute Gasteiger partial charge is 0.164 e. The second-order valence-electron chi connectivity index (χ2n) is 14.6. The molecule has 5 heteroatoms. The van der Waals surface area contributed by atoms with Crippen LogP contribution < -0.4 is 0 Å². The number of benzene rings is 7. The van der Waals surface area contributed by atoms with Gasteiger partial charge in [-0.3, -0.25) is 4.99 Å². The molecule has 2 unspecified atom stereocenters. The van der Waals surface area contributed by atoms with Crippen LogP contribution in [-0.2, 0) is 0 Å². The van der Waals surface area contributed by atoms with E-state index in [-0.39, 0.29) is 11.8 Å². The fraction of sp³-hybridized carbons (Fsp3) is 0.0385. The molecule has 0 spiro atoms. The van der Waals surface area contributed by atoms with Crippen molar-refractivity contribution in [3.8, 4) is 39.9 Å². The van der Waals surface area contributed by atoms with Crippen LogP contribution in [0.1, 0.15) is 17.0 Å². The molecule has 7 aromatic carbocycles. The lowest BCUT2D eigenvalue weighted by molar-refractivity contribution is 0.666. The number of rotatable bonds is 6. The average molecular weight is 730 g/mol. The van der Waals surface area contributed by atoms with Gasteiger partial charge in [-0.25, -0.2) is 15.0 Å². The SMILES string of the molecule is C1=CC2C(=CC=C(c3ccc(-c4nc(-c5ccccc5)nc(-c5ccccc5)n4)cc3)C2c2ccc3c4ccc5ccccc5c4n(-c4ccccc4)c3c2)N=C1. The van der Waals surface area contributed by atoms with Crippen LogP contribution in [-0.4, -0.2) is 25.7 Å². The number of para-hydroxylation sites is 1. The minimum atomic E-state index is 0.0412. The monoisotopic (exact) mass is 729 g/mol. The lowest BCUT2D eigenvalue weighted by Crippen LogP contribution is -2.19. The van der Waals surface area contributed by atoms with E-state index in [1.165, 1.54) is 43.7 Å². The van der Waals surface area contributed by atoms with Gasteiger partial charge in [-0.2, -0.15) is 0 Å². The molecule has 9 aromatic rings. The van der Waals surface area contributed by atoms with Crippen LogP contribution in [0.3, 0.4) is 0 Å². The second kappa shape index (κ2) is 13.7. The third kappa shape index (κ3) is 5.71. The lowest BCUT2D eigenvalue weighted by Gasteiger charge is -2.32. The molecule has 0 saturated carbocycles. The number of aliphatic imine (C=N–C) groups is 1. The highest BCUT2D eigenvalue weighted by atomic mass is 15.0. The summed E-state index contributed by atoms with van der Waals surface area (Å²) in [7, 11) is 0. The van der Waals surface area contributed by atoms with Gasteiger partial charge in [-0.05, 0) is 52.4 Å². The van der Waals surface area contributed by atoms with E-state index in [1.807, 2.05) is 66.9 Å². The Kier molecular flexibility index (Phi) is 7.88. The Bertz CT molecular complexity index is 3040. The molecule has 0 radical (unpaired) electrons. The molecule has 2 aliphatic rings. The first-order chi connectivity index (χ1) is 28.3. The highest BCUT2D eigenvalue weighted by molar-refractivity contribution is 6.18. The summed E-state index contributed by atoms with van der Waals surface area (Å²) >= 11 is 0. The van der Waals surface area contributed by atoms with Crippen LogP contribution in [0.25, 0.3) is 78.0 Å². The van der Waals surface area contributed by atoms with E-state index < -0.39 is 0 Å². The predicted octanol–water partition coefficient (Wildman–Crippen LogP) is 12.4. The Labute approximate surface area is 330 Å². The maximum absolute atomic E-state index is 4.98. The highest BCUT2D eigenvalue weighted by Gasteiger charge is 2.32. The van der Waals surface area contributed by atoms with Crippen molar-refractivity contribution in [1.29, 1.82) is 0 Å². The Balaban J connectivity index is 1.04. The van der Waals surface area contributed by atoms with Crippen molar-refractivity contribution >= 4 is 44.4 Å². The maximum Gasteiger partial charge on any atom is 0.164 e. The summed E-state index contributed by atoms with van der Waals surface area (Å²) in [6.45, 7) is 0. The number of hydrogen-bond acceptors (Lipinski definition) is 4. The van der Waals surface area contributed by atoms with Gasteiger partial charge in [0.15, 0.2) is 17.5 Å². The fourth-order valence-electron chi connectivity index (χ4n) is 8.64. The van der Waals surface area contributed by atoms with Crippen LogP contribution in [0.2, 0.25) is 0 Å². The van der Waals surface area contributed by atoms with Gasteiger partial charge in [0.1, 0.15) is 0 Å². The zero-order valence-electron chi connectivity index (χ0n) is 30.9. The summed E-state index contributed by atoms with van der Waals surface area (Å²) in [5.41, 5.74) is 11.1. The second-order valence-corrected chi connectivity index (χ2v) is 14.6. The summed E-state index contributed by atoms with van der Waals surface area (Å²) in [6.07, 6.45) is 10.7. The van der Waals surface area contributed by atoms with Crippen molar-refractivity contribution in [1.82, 2.24) is 19.5 Å². The average Bonchev–Trinajstić information content (AvgIpc) is 3.63. The van der Waals surface area contributed by atoms with Crippen LogP contribution in [0.4, 0.5) is 0 Å². The molecule has 1 aliphatic carbocycles. The van der Waals surface area contributed by atoms with Crippen molar-refractivity contribution < 1.29 is 0 Å². The number of nitrogens with zero attached hydrogens (tertiary/aromatic N) is 5. The molecule has 268 valence electrons. The molecule has 0 saturated heterocycles. The summed E-state index contributed by atoms with van der Waals surface area (Å²) < 4.78 is 2.45. The Morgan fingerprint density at radius 1 is 0.474 bits per heavy atom. The molecule has 0 bridgehead atoms. The first kappa shape index (κ1) is 32.9. The van der Waals surface area contributed by atoms with Crippen LogP contribution in [0, 0.1) is 5.92 Å². The summed E-state index contributed by atoms with van der Waals surface area (Å²) in [6, 6.07) is 60.0. The zero-order chi connectivity index (χ0) is 37.7. The first-order valence-electron chi connectivity index (χ1n) is 19.4. The van der Waals surface area contributed by atoms with E-state index in [1.54, 1.807) is 0 Å². The molecular formula is C52H35N5. The molecule has 2 aromatic heterocycles. The third-order valence-corrected chi connectivity index (χ3v) is 11.3. The zero-order valence-corrected chi connectivity index (χ0v) is 30.9. The number of allylic oxidation sites excluding steroid dienone is 5. The summed E-state index contributed by atoms with van der Waals surface area (Å²) in [5.74, 6) is 2.07. The minimum Gasteiger partial charge on any atom is -0.309 e. The van der Waals surface area contributed by atoms with Gasteiger partial charge in [0.25, 0.3) is 0 Å². The van der Waals surface area contributed by atoms with E-state index in [0.29, 0.717) is 17.5 Å². The predicted molar refractivity (Wildman–Crippen MR) is 234 cm³/mol. The highest BCUT2D eigenvalue weighted by Crippen LogP contribution is 2.47. The molecular weight excluding hydrogens is 695 g/mol. The maximum atomic E-state index is 4.98. The molecule has 1 aliphatic heterocycles. The lowest BCUT2D eigenvalue weighted by atomic mass is 9.73. The van der Waals surface area contributed by atoms with Gasteiger partial charge in [-0.1, -0.05) is 164 Å². The van der Waals surface area contributed by atoms with Crippen molar-refractivity contribution in [3.05, 3.63) is 211 Å². The van der Waals surface area contributed by atoms with E-state index in [9.17, 15) is 0 Å². The van der Waals surface area contributed by atoms with Crippen LogP contribution in [0.15, 0.2) is 205 Å². The van der Waals surface area contributed by atoms with Gasteiger partial charge in [-0.15, -0.1) is 0 Å². The quantitative estimate of drug-likeness (QED) is 0.171. The van der Waals surface area contributed by atoms with Crippen molar-refractivity contribution in [2.45, 2.75) is 5.92 Å². The molecule has 2 atom stereocenters. The van der Waals surface area contributed by atoms with Gasteiger partial charge < -0.3 is 4.57 Å². The summed E-state index contributed by atoms with van der Waals surface area (Å²) in [4.78, 5) is 19.7. The minimum absolute atomic E-state index is 0.0412. The third-order valence-electron chi connectivity index (χ3n) is 11.3. The molecule has 0 N–H and O–H groups in total. The standard InChI is InChI=1S/C52H35N5/c1-4-14-36(15-5-1)50-54-51(37-16-6-2-7-17-37)56-52(55-50)38-24-22-35(23-25-38)41-30-31-46-45(21-12-32-53-46)48(41)39-27-28-43-44-29-26-34-13-10-11-20-42(34)49(44)57(47(43)33-39)40-18-8-3-9-19-40/h1-33,45,48H. The normalized spacial score (nSPS) is 16.1. The van der Waals surface area contributed by atoms with Crippen molar-refractivity contribution in [2.24, 2.45) is 10.9 Å². The Morgan fingerprint density at radius 2 is 1.07 bits per heavy atom. The largest absolute Gasteiger partial charge is 0.309 e. The molecule has 5 nitrogen and oxygen atoms in total. The van der Waals surface area contributed by atoms with Crippen molar-refractivity contribution in [3.63, 3.8) is 0 Å². The molecule has 57 heavy (non-hydrogen) atoms. The van der Waals surface area contributed by atoms with E-state index in [2.05, 4.69) is 138 Å². The van der Waals surface area contributed by atoms with E-state index in [4.69, 9.17) is 19.9 Å². The topological polar surface area (TPSA) is 56.0 Å². The van der Waals surface area contributed by atoms with E-state index in [0.717, 1.165) is 33.6 Å². The van der Waals surface area contributed by atoms with Gasteiger partial charge >= 0.3 is 0 Å². The van der Waals surface area contributed by atoms with Gasteiger partial charge in [0.2, 0.25) is 0 Å². The number of dihydropyridines is 1.